The average molecular weight is 376 g/mol. The lowest BCUT2D eigenvalue weighted by atomic mass is 9.91. The number of carbonyl (C=O) groups excluding carboxylic acids is 1. The standard InChI is InChI=1S/C19H19F3N4O/c1-2-15(13-6-4-3-5-7-13)18(27)25-16-10-14(19(20,21)22)8-9-17(16)26-12-23-11-24-26/h4,6-12,15H,2-3,5H2,1H3,(H,25,27). The summed E-state index contributed by atoms with van der Waals surface area (Å²) in [5.74, 6) is -0.782. The van der Waals surface area contributed by atoms with Crippen LogP contribution in [0.2, 0.25) is 0 Å². The third-order valence-corrected chi connectivity index (χ3v) is 4.40. The molecule has 1 unspecified atom stereocenters. The fourth-order valence-electron chi connectivity index (χ4n) is 3.03. The van der Waals surface area contributed by atoms with Gasteiger partial charge in [0.25, 0.3) is 0 Å². The van der Waals surface area contributed by atoms with Crippen LogP contribution in [-0.2, 0) is 11.0 Å². The molecule has 5 nitrogen and oxygen atoms in total. The van der Waals surface area contributed by atoms with E-state index in [1.807, 2.05) is 25.2 Å². The topological polar surface area (TPSA) is 59.8 Å². The molecule has 0 radical (unpaired) electrons. The summed E-state index contributed by atoms with van der Waals surface area (Å²) >= 11 is 0. The summed E-state index contributed by atoms with van der Waals surface area (Å²) in [5.41, 5.74) is 0.401. The molecular formula is C19H19F3N4O. The molecule has 0 spiro atoms. The number of carbonyl (C=O) groups is 1. The van der Waals surface area contributed by atoms with Crippen molar-refractivity contribution in [2.24, 2.45) is 5.92 Å². The highest BCUT2D eigenvalue weighted by atomic mass is 19.4. The maximum Gasteiger partial charge on any atom is 0.416 e. The molecule has 1 heterocycles. The Morgan fingerprint density at radius 2 is 2.15 bits per heavy atom. The number of nitrogens with zero attached hydrogens (tertiary/aromatic N) is 3. The van der Waals surface area contributed by atoms with Crippen LogP contribution in [0, 0.1) is 5.92 Å². The van der Waals surface area contributed by atoms with Crippen LogP contribution in [0.5, 0.6) is 0 Å². The first-order chi connectivity index (χ1) is 12.9. The molecule has 0 bridgehead atoms. The third kappa shape index (κ3) is 4.27. The first kappa shape index (κ1) is 18.9. The number of benzene rings is 1. The van der Waals surface area contributed by atoms with Crippen molar-refractivity contribution < 1.29 is 18.0 Å². The zero-order valence-corrected chi connectivity index (χ0v) is 14.7. The highest BCUT2D eigenvalue weighted by Gasteiger charge is 2.32. The van der Waals surface area contributed by atoms with Gasteiger partial charge in [-0.3, -0.25) is 4.79 Å². The van der Waals surface area contributed by atoms with E-state index in [-0.39, 0.29) is 11.6 Å². The number of hydrogen-bond donors (Lipinski definition) is 1. The minimum Gasteiger partial charge on any atom is -0.324 e. The van der Waals surface area contributed by atoms with E-state index >= 15 is 0 Å². The van der Waals surface area contributed by atoms with Crippen LogP contribution in [0.25, 0.3) is 5.69 Å². The van der Waals surface area contributed by atoms with Crippen molar-refractivity contribution >= 4 is 11.6 Å². The number of allylic oxidation sites excluding steroid dienone is 3. The van der Waals surface area contributed by atoms with E-state index in [0.717, 1.165) is 30.5 Å². The third-order valence-electron chi connectivity index (χ3n) is 4.40. The monoisotopic (exact) mass is 376 g/mol. The molecule has 3 rings (SSSR count). The molecule has 1 aromatic carbocycles. The lowest BCUT2D eigenvalue weighted by Gasteiger charge is -2.20. The predicted molar refractivity (Wildman–Crippen MR) is 95.2 cm³/mol. The summed E-state index contributed by atoms with van der Waals surface area (Å²) in [4.78, 5) is 16.6. The van der Waals surface area contributed by atoms with Crippen LogP contribution in [0.4, 0.5) is 18.9 Å². The van der Waals surface area contributed by atoms with Crippen molar-refractivity contribution in [3.05, 3.63) is 60.2 Å². The number of aromatic nitrogens is 3. The summed E-state index contributed by atoms with van der Waals surface area (Å²) in [6.45, 7) is 1.87. The number of nitrogens with one attached hydrogen (secondary N) is 1. The Labute approximate surface area is 154 Å². The van der Waals surface area contributed by atoms with Crippen LogP contribution >= 0.6 is 0 Å². The van der Waals surface area contributed by atoms with E-state index in [0.29, 0.717) is 12.1 Å². The first-order valence-electron chi connectivity index (χ1n) is 8.64. The van der Waals surface area contributed by atoms with Gasteiger partial charge in [0.05, 0.1) is 22.9 Å². The molecule has 1 aliphatic rings. The van der Waals surface area contributed by atoms with Crippen molar-refractivity contribution in [3.8, 4) is 5.69 Å². The van der Waals surface area contributed by atoms with Crippen LogP contribution in [0.15, 0.2) is 54.7 Å². The second kappa shape index (κ2) is 7.77. The first-order valence-corrected chi connectivity index (χ1v) is 8.64. The zero-order chi connectivity index (χ0) is 19.4. The largest absolute Gasteiger partial charge is 0.416 e. The fourth-order valence-corrected chi connectivity index (χ4v) is 3.03. The van der Waals surface area contributed by atoms with Crippen molar-refractivity contribution in [2.45, 2.75) is 32.4 Å². The number of hydrogen-bond acceptors (Lipinski definition) is 3. The molecule has 0 saturated carbocycles. The number of rotatable bonds is 5. The van der Waals surface area contributed by atoms with E-state index in [2.05, 4.69) is 15.4 Å². The number of anilines is 1. The van der Waals surface area contributed by atoms with Gasteiger partial charge in [0.2, 0.25) is 5.91 Å². The Morgan fingerprint density at radius 3 is 2.74 bits per heavy atom. The van der Waals surface area contributed by atoms with Crippen molar-refractivity contribution in [3.63, 3.8) is 0 Å². The average Bonchev–Trinajstić information content (AvgIpc) is 3.17. The highest BCUT2D eigenvalue weighted by Crippen LogP contribution is 2.34. The van der Waals surface area contributed by atoms with E-state index < -0.39 is 17.7 Å². The summed E-state index contributed by atoms with van der Waals surface area (Å²) in [5, 5.41) is 6.61. The Kier molecular flexibility index (Phi) is 5.43. The van der Waals surface area contributed by atoms with Gasteiger partial charge in [-0.1, -0.05) is 25.2 Å². The normalized spacial score (nSPS) is 15.3. The molecule has 0 aliphatic heterocycles. The fraction of sp³-hybridized carbons (Fsp3) is 0.316. The molecule has 0 saturated heterocycles. The van der Waals surface area contributed by atoms with E-state index in [9.17, 15) is 18.0 Å². The molecule has 1 atom stereocenters. The van der Waals surface area contributed by atoms with Gasteiger partial charge in [-0.25, -0.2) is 9.67 Å². The highest BCUT2D eigenvalue weighted by molar-refractivity contribution is 5.96. The molecule has 8 heteroatoms. The second-order valence-electron chi connectivity index (χ2n) is 6.20. The second-order valence-corrected chi connectivity index (χ2v) is 6.20. The molecule has 1 aliphatic carbocycles. The smallest absolute Gasteiger partial charge is 0.324 e. The summed E-state index contributed by atoms with van der Waals surface area (Å²) in [7, 11) is 0. The Bertz CT molecular complexity index is 870. The zero-order valence-electron chi connectivity index (χ0n) is 14.7. The molecule has 1 amide bonds. The van der Waals surface area contributed by atoms with Crippen LogP contribution < -0.4 is 5.32 Å². The predicted octanol–water partition coefficient (Wildman–Crippen LogP) is 4.53. The summed E-state index contributed by atoms with van der Waals surface area (Å²) < 4.78 is 40.7. The maximum atomic E-state index is 13.1. The quantitative estimate of drug-likeness (QED) is 0.834. The van der Waals surface area contributed by atoms with Gasteiger partial charge in [-0.15, -0.1) is 0 Å². The van der Waals surface area contributed by atoms with Gasteiger partial charge in [0, 0.05) is 0 Å². The van der Waals surface area contributed by atoms with Crippen LogP contribution in [-0.4, -0.2) is 20.7 Å². The van der Waals surface area contributed by atoms with Gasteiger partial charge in [0.1, 0.15) is 12.7 Å². The number of amides is 1. The number of alkyl halides is 3. The molecule has 2 aromatic rings. The lowest BCUT2D eigenvalue weighted by molar-refractivity contribution is -0.137. The lowest BCUT2D eigenvalue weighted by Crippen LogP contribution is -2.25. The van der Waals surface area contributed by atoms with Gasteiger partial charge in [-0.05, 0) is 43.0 Å². The molecule has 1 aromatic heterocycles. The minimum atomic E-state index is -4.51. The maximum absolute atomic E-state index is 13.1. The summed E-state index contributed by atoms with van der Waals surface area (Å²) in [6.07, 6.45) is 6.34. The van der Waals surface area contributed by atoms with Crippen molar-refractivity contribution in [2.75, 3.05) is 5.32 Å². The van der Waals surface area contributed by atoms with Gasteiger partial charge < -0.3 is 5.32 Å². The van der Waals surface area contributed by atoms with E-state index in [1.165, 1.54) is 23.4 Å². The van der Waals surface area contributed by atoms with Crippen molar-refractivity contribution in [1.82, 2.24) is 14.8 Å². The molecular weight excluding hydrogens is 357 g/mol. The van der Waals surface area contributed by atoms with Crippen LogP contribution in [0.1, 0.15) is 31.7 Å². The summed E-state index contributed by atoms with van der Waals surface area (Å²) in [6, 6.07) is 3.15. The molecule has 0 fully saturated rings. The number of halogens is 3. The Morgan fingerprint density at radius 1 is 1.33 bits per heavy atom. The Balaban J connectivity index is 1.95. The van der Waals surface area contributed by atoms with E-state index in [4.69, 9.17) is 0 Å². The van der Waals surface area contributed by atoms with Gasteiger partial charge in [-0.2, -0.15) is 18.3 Å². The van der Waals surface area contributed by atoms with Crippen molar-refractivity contribution in [1.29, 1.82) is 0 Å². The Hall–Kier alpha value is -2.90. The molecule has 1 N–H and O–H groups in total. The minimum absolute atomic E-state index is 0.0409. The SMILES string of the molecule is CCC(C(=O)Nc1cc(C(F)(F)F)ccc1-n1cncn1)C1=CCCC=C1. The van der Waals surface area contributed by atoms with Gasteiger partial charge in [0.15, 0.2) is 0 Å². The van der Waals surface area contributed by atoms with E-state index in [1.54, 1.807) is 0 Å². The van der Waals surface area contributed by atoms with Crippen LogP contribution in [0.3, 0.4) is 0 Å². The molecule has 27 heavy (non-hydrogen) atoms. The van der Waals surface area contributed by atoms with Gasteiger partial charge >= 0.3 is 6.18 Å². The molecule has 142 valence electrons.